The zero-order chi connectivity index (χ0) is 12.3. The summed E-state index contributed by atoms with van der Waals surface area (Å²) < 4.78 is 37.0. The van der Waals surface area contributed by atoms with Crippen molar-refractivity contribution < 1.29 is 13.2 Å². The normalized spacial score (nSPS) is 20.8. The molecule has 0 bridgehead atoms. The molecule has 0 amide bonds. The summed E-state index contributed by atoms with van der Waals surface area (Å²) in [4.78, 5) is 0. The molecule has 1 N–H and O–H groups in total. The van der Waals surface area contributed by atoms with E-state index < -0.39 is 11.7 Å². The van der Waals surface area contributed by atoms with E-state index in [4.69, 9.17) is 0 Å². The molecular weight excluding hydrogens is 227 g/mol. The standard InChI is InChI=1S/C13H16F3N/c14-13(15,16)12-5-3-10(4-6-12)1-2-11-7-8-17-9-11/h3-6,11,17H,1-2,7-9H2. The van der Waals surface area contributed by atoms with Gasteiger partial charge in [0.25, 0.3) is 0 Å². The Morgan fingerprint density at radius 3 is 2.41 bits per heavy atom. The van der Waals surface area contributed by atoms with E-state index in [1.807, 2.05) is 0 Å². The Bertz CT molecular complexity index is 350. The Labute approximate surface area is 99.0 Å². The van der Waals surface area contributed by atoms with Crippen molar-refractivity contribution in [2.75, 3.05) is 13.1 Å². The van der Waals surface area contributed by atoms with Crippen molar-refractivity contribution in [3.63, 3.8) is 0 Å². The van der Waals surface area contributed by atoms with Crippen LogP contribution >= 0.6 is 0 Å². The number of halogens is 3. The highest BCUT2D eigenvalue weighted by molar-refractivity contribution is 5.24. The maximum atomic E-state index is 12.3. The van der Waals surface area contributed by atoms with Crippen LogP contribution in [-0.2, 0) is 12.6 Å². The van der Waals surface area contributed by atoms with Gasteiger partial charge < -0.3 is 5.32 Å². The highest BCUT2D eigenvalue weighted by Crippen LogP contribution is 2.29. The lowest BCUT2D eigenvalue weighted by Gasteiger charge is -2.09. The SMILES string of the molecule is FC(F)(F)c1ccc(CCC2CCNC2)cc1. The van der Waals surface area contributed by atoms with Gasteiger partial charge in [-0.05, 0) is 56.0 Å². The molecule has 0 aliphatic carbocycles. The fraction of sp³-hybridized carbons (Fsp3) is 0.538. The Kier molecular flexibility index (Phi) is 3.72. The molecule has 17 heavy (non-hydrogen) atoms. The molecule has 1 fully saturated rings. The van der Waals surface area contributed by atoms with Crippen LogP contribution in [0, 0.1) is 5.92 Å². The van der Waals surface area contributed by atoms with Gasteiger partial charge in [-0.15, -0.1) is 0 Å². The zero-order valence-electron chi connectivity index (χ0n) is 9.56. The van der Waals surface area contributed by atoms with E-state index in [0.717, 1.165) is 31.5 Å². The maximum absolute atomic E-state index is 12.3. The number of aryl methyl sites for hydroxylation is 1. The summed E-state index contributed by atoms with van der Waals surface area (Å²) in [6.07, 6.45) is -1.13. The van der Waals surface area contributed by atoms with Gasteiger partial charge in [0, 0.05) is 0 Å². The molecule has 1 aromatic rings. The van der Waals surface area contributed by atoms with Crippen molar-refractivity contribution in [2.24, 2.45) is 5.92 Å². The summed E-state index contributed by atoms with van der Waals surface area (Å²) >= 11 is 0. The Balaban J connectivity index is 1.89. The highest BCUT2D eigenvalue weighted by Gasteiger charge is 2.29. The van der Waals surface area contributed by atoms with E-state index in [0.29, 0.717) is 5.92 Å². The van der Waals surface area contributed by atoms with Crippen molar-refractivity contribution in [3.05, 3.63) is 35.4 Å². The molecule has 1 unspecified atom stereocenters. The molecule has 0 spiro atoms. The number of benzene rings is 1. The van der Waals surface area contributed by atoms with Gasteiger partial charge in [0.15, 0.2) is 0 Å². The summed E-state index contributed by atoms with van der Waals surface area (Å²) in [5.74, 6) is 0.678. The molecule has 0 radical (unpaired) electrons. The van der Waals surface area contributed by atoms with E-state index in [1.165, 1.54) is 18.6 Å². The molecule has 1 aliphatic rings. The van der Waals surface area contributed by atoms with E-state index in [9.17, 15) is 13.2 Å². The quantitative estimate of drug-likeness (QED) is 0.859. The van der Waals surface area contributed by atoms with Crippen LogP contribution in [-0.4, -0.2) is 13.1 Å². The molecule has 1 aromatic carbocycles. The van der Waals surface area contributed by atoms with Gasteiger partial charge in [-0.1, -0.05) is 12.1 Å². The molecule has 1 saturated heterocycles. The summed E-state index contributed by atoms with van der Waals surface area (Å²) in [5, 5.41) is 3.29. The number of hydrogen-bond donors (Lipinski definition) is 1. The first-order valence-electron chi connectivity index (χ1n) is 5.92. The van der Waals surface area contributed by atoms with E-state index >= 15 is 0 Å². The minimum absolute atomic E-state index is 0.566. The minimum Gasteiger partial charge on any atom is -0.316 e. The lowest BCUT2D eigenvalue weighted by atomic mass is 9.98. The number of nitrogens with one attached hydrogen (secondary N) is 1. The Hall–Kier alpha value is -1.03. The van der Waals surface area contributed by atoms with Crippen molar-refractivity contribution in [1.29, 1.82) is 0 Å². The first-order valence-corrected chi connectivity index (χ1v) is 5.92. The third-order valence-electron chi connectivity index (χ3n) is 3.28. The summed E-state index contributed by atoms with van der Waals surface area (Å²) in [6.45, 7) is 2.11. The van der Waals surface area contributed by atoms with Crippen molar-refractivity contribution in [3.8, 4) is 0 Å². The van der Waals surface area contributed by atoms with Crippen LogP contribution in [0.4, 0.5) is 13.2 Å². The maximum Gasteiger partial charge on any atom is 0.416 e. The van der Waals surface area contributed by atoms with E-state index in [2.05, 4.69) is 5.32 Å². The van der Waals surface area contributed by atoms with Gasteiger partial charge in [0.2, 0.25) is 0 Å². The predicted octanol–water partition coefficient (Wildman–Crippen LogP) is 3.25. The first-order chi connectivity index (χ1) is 8.05. The van der Waals surface area contributed by atoms with Gasteiger partial charge in [-0.3, -0.25) is 0 Å². The fourth-order valence-corrected chi connectivity index (χ4v) is 2.19. The van der Waals surface area contributed by atoms with E-state index in [1.54, 1.807) is 12.1 Å². The van der Waals surface area contributed by atoms with Crippen molar-refractivity contribution in [2.45, 2.75) is 25.4 Å². The molecule has 1 atom stereocenters. The topological polar surface area (TPSA) is 12.0 Å². The average Bonchev–Trinajstić information content (AvgIpc) is 2.78. The second kappa shape index (κ2) is 5.08. The molecule has 4 heteroatoms. The van der Waals surface area contributed by atoms with Gasteiger partial charge in [-0.2, -0.15) is 13.2 Å². The summed E-state index contributed by atoms with van der Waals surface area (Å²) in [6, 6.07) is 5.51. The molecular formula is C13H16F3N. The van der Waals surface area contributed by atoms with Crippen LogP contribution in [0.25, 0.3) is 0 Å². The Morgan fingerprint density at radius 2 is 1.88 bits per heavy atom. The van der Waals surface area contributed by atoms with E-state index in [-0.39, 0.29) is 0 Å². The lowest BCUT2D eigenvalue weighted by molar-refractivity contribution is -0.137. The third-order valence-corrected chi connectivity index (χ3v) is 3.28. The number of hydrogen-bond acceptors (Lipinski definition) is 1. The largest absolute Gasteiger partial charge is 0.416 e. The van der Waals surface area contributed by atoms with Crippen LogP contribution in [0.3, 0.4) is 0 Å². The van der Waals surface area contributed by atoms with Gasteiger partial charge in [0.1, 0.15) is 0 Å². The van der Waals surface area contributed by atoms with Gasteiger partial charge >= 0.3 is 6.18 Å². The van der Waals surface area contributed by atoms with Crippen molar-refractivity contribution in [1.82, 2.24) is 5.32 Å². The minimum atomic E-state index is -4.23. The molecule has 2 rings (SSSR count). The second-order valence-electron chi connectivity index (χ2n) is 4.59. The van der Waals surface area contributed by atoms with Gasteiger partial charge in [0.05, 0.1) is 5.56 Å². The fourth-order valence-electron chi connectivity index (χ4n) is 2.19. The van der Waals surface area contributed by atoms with Crippen LogP contribution in [0.5, 0.6) is 0 Å². The number of rotatable bonds is 3. The molecule has 94 valence electrons. The zero-order valence-corrected chi connectivity index (χ0v) is 9.56. The molecule has 1 heterocycles. The second-order valence-corrected chi connectivity index (χ2v) is 4.59. The summed E-state index contributed by atoms with van der Waals surface area (Å²) in [7, 11) is 0. The molecule has 0 saturated carbocycles. The monoisotopic (exact) mass is 243 g/mol. The highest BCUT2D eigenvalue weighted by atomic mass is 19.4. The summed E-state index contributed by atoms with van der Waals surface area (Å²) in [5.41, 5.74) is 0.425. The van der Waals surface area contributed by atoms with Crippen LogP contribution < -0.4 is 5.32 Å². The predicted molar refractivity (Wildman–Crippen MR) is 60.7 cm³/mol. The van der Waals surface area contributed by atoms with Crippen molar-refractivity contribution >= 4 is 0 Å². The van der Waals surface area contributed by atoms with Gasteiger partial charge in [-0.25, -0.2) is 0 Å². The smallest absolute Gasteiger partial charge is 0.316 e. The first kappa shape index (κ1) is 12.4. The van der Waals surface area contributed by atoms with Crippen LogP contribution in [0.1, 0.15) is 24.0 Å². The molecule has 1 aliphatic heterocycles. The molecule has 1 nitrogen and oxygen atoms in total. The lowest BCUT2D eigenvalue weighted by Crippen LogP contribution is -2.09. The third kappa shape index (κ3) is 3.46. The number of alkyl halides is 3. The average molecular weight is 243 g/mol. The van der Waals surface area contributed by atoms with Crippen LogP contribution in [0.2, 0.25) is 0 Å². The molecule has 0 aromatic heterocycles. The Morgan fingerprint density at radius 1 is 1.18 bits per heavy atom. The van der Waals surface area contributed by atoms with Crippen LogP contribution in [0.15, 0.2) is 24.3 Å².